The van der Waals surface area contributed by atoms with Gasteiger partial charge in [0.2, 0.25) is 5.91 Å². The van der Waals surface area contributed by atoms with E-state index in [0.29, 0.717) is 42.1 Å². The largest absolute Gasteiger partial charge is 0.494 e. The molecule has 9 nitrogen and oxygen atoms in total. The van der Waals surface area contributed by atoms with Crippen molar-refractivity contribution < 1.29 is 19.1 Å². The zero-order valence-corrected chi connectivity index (χ0v) is 21.8. The molecule has 0 saturated heterocycles. The van der Waals surface area contributed by atoms with Crippen LogP contribution in [-0.2, 0) is 17.8 Å². The second-order valence-electron chi connectivity index (χ2n) is 10.6. The molecule has 4 aliphatic heterocycles. The molecule has 2 aromatic rings. The number of nitrogens with one attached hydrogen (secondary N) is 1. The number of hydrogen-bond donors (Lipinski definition) is 2. The standard InChI is InChI=1S/C28H35N5O4/c1-4-36-23-10-9-17-11-18(23)16-33-25(34)13-20(31-27(33)29)8-6-5-7-19-12-21-22(32-26(17)35)14-28(2,3)37-24(21)15-30-19/h9-12,15,20,22H,4-8,13-14,16H2,1-3H3,(H2,29,31)(H,32,35). The van der Waals surface area contributed by atoms with E-state index in [4.69, 9.17) is 15.2 Å². The third-order valence-corrected chi connectivity index (χ3v) is 7.19. The highest BCUT2D eigenvalue weighted by Crippen LogP contribution is 2.40. The molecule has 4 aliphatic rings. The minimum atomic E-state index is -0.446. The Morgan fingerprint density at radius 1 is 1.24 bits per heavy atom. The molecule has 5 heterocycles. The summed E-state index contributed by atoms with van der Waals surface area (Å²) in [4.78, 5) is 37.3. The Morgan fingerprint density at radius 2 is 2.08 bits per heavy atom. The molecule has 0 radical (unpaired) electrons. The molecule has 6 bridgehead atoms. The molecule has 3 N–H and O–H groups in total. The van der Waals surface area contributed by atoms with Crippen LogP contribution >= 0.6 is 0 Å². The summed E-state index contributed by atoms with van der Waals surface area (Å²) in [6.45, 7) is 6.59. The lowest BCUT2D eigenvalue weighted by Gasteiger charge is -2.38. The van der Waals surface area contributed by atoms with Crippen LogP contribution in [0.25, 0.3) is 0 Å². The van der Waals surface area contributed by atoms with Crippen molar-refractivity contribution in [3.63, 3.8) is 0 Å². The monoisotopic (exact) mass is 505 g/mol. The van der Waals surface area contributed by atoms with Gasteiger partial charge >= 0.3 is 0 Å². The van der Waals surface area contributed by atoms with Gasteiger partial charge in [-0.1, -0.05) is 6.42 Å². The van der Waals surface area contributed by atoms with Gasteiger partial charge in [0.1, 0.15) is 17.1 Å². The predicted molar refractivity (Wildman–Crippen MR) is 140 cm³/mol. The molecule has 2 amide bonds. The number of aliphatic imine (C=N–C) groups is 1. The van der Waals surface area contributed by atoms with Crippen LogP contribution in [0.4, 0.5) is 0 Å². The van der Waals surface area contributed by atoms with Crippen LogP contribution in [0, 0.1) is 0 Å². The highest BCUT2D eigenvalue weighted by atomic mass is 16.5. The van der Waals surface area contributed by atoms with E-state index in [1.807, 2.05) is 20.8 Å². The average molecular weight is 506 g/mol. The molecule has 2 unspecified atom stereocenters. The minimum Gasteiger partial charge on any atom is -0.494 e. The van der Waals surface area contributed by atoms with Gasteiger partial charge in [0.25, 0.3) is 5.91 Å². The summed E-state index contributed by atoms with van der Waals surface area (Å²) in [5.41, 5.74) is 8.92. The molecule has 2 atom stereocenters. The van der Waals surface area contributed by atoms with E-state index in [2.05, 4.69) is 21.4 Å². The number of amides is 2. The van der Waals surface area contributed by atoms with Crippen LogP contribution in [0.2, 0.25) is 0 Å². The molecule has 0 fully saturated rings. The molecular formula is C28H35N5O4. The minimum absolute atomic E-state index is 0.0674. The lowest BCUT2D eigenvalue weighted by atomic mass is 9.89. The number of aryl methyl sites for hydroxylation is 1. The van der Waals surface area contributed by atoms with Crippen molar-refractivity contribution in [3.05, 3.63) is 52.8 Å². The predicted octanol–water partition coefficient (Wildman–Crippen LogP) is 3.65. The smallest absolute Gasteiger partial charge is 0.251 e. The number of aromatic nitrogens is 1. The maximum atomic E-state index is 13.5. The second kappa shape index (κ2) is 10.0. The van der Waals surface area contributed by atoms with Crippen molar-refractivity contribution in [3.8, 4) is 11.5 Å². The number of guanidine groups is 1. The van der Waals surface area contributed by atoms with E-state index in [9.17, 15) is 9.59 Å². The van der Waals surface area contributed by atoms with Crippen molar-refractivity contribution in [2.75, 3.05) is 6.61 Å². The maximum Gasteiger partial charge on any atom is 0.251 e. The Balaban J connectivity index is 1.54. The Bertz CT molecular complexity index is 1240. The van der Waals surface area contributed by atoms with Crippen LogP contribution in [0.15, 0.2) is 35.5 Å². The lowest BCUT2D eigenvalue weighted by Crippen LogP contribution is -2.46. The van der Waals surface area contributed by atoms with Crippen LogP contribution < -0.4 is 20.5 Å². The second-order valence-corrected chi connectivity index (χ2v) is 10.6. The van der Waals surface area contributed by atoms with E-state index in [-0.39, 0.29) is 36.4 Å². The summed E-state index contributed by atoms with van der Waals surface area (Å²) in [7, 11) is 0. The van der Waals surface area contributed by atoms with Crippen molar-refractivity contribution in [2.24, 2.45) is 10.7 Å². The van der Waals surface area contributed by atoms with E-state index in [0.717, 1.165) is 36.9 Å². The Hall–Kier alpha value is -3.62. The zero-order chi connectivity index (χ0) is 26.2. The van der Waals surface area contributed by atoms with Crippen LogP contribution in [0.3, 0.4) is 0 Å². The van der Waals surface area contributed by atoms with Crippen molar-refractivity contribution >= 4 is 17.8 Å². The molecule has 0 aliphatic carbocycles. The number of benzene rings is 1. The van der Waals surface area contributed by atoms with Gasteiger partial charge in [-0.3, -0.25) is 19.5 Å². The summed E-state index contributed by atoms with van der Waals surface area (Å²) >= 11 is 0. The number of fused-ring (bicyclic) bond motifs is 5. The highest BCUT2D eigenvalue weighted by molar-refractivity contribution is 5.99. The zero-order valence-electron chi connectivity index (χ0n) is 21.8. The summed E-state index contributed by atoms with van der Waals surface area (Å²) in [6, 6.07) is 7.02. The van der Waals surface area contributed by atoms with Crippen LogP contribution in [-0.4, -0.2) is 45.9 Å². The topological polar surface area (TPSA) is 119 Å². The van der Waals surface area contributed by atoms with Gasteiger partial charge in [-0.2, -0.15) is 0 Å². The number of nitrogens with zero attached hydrogens (tertiary/aromatic N) is 3. The van der Waals surface area contributed by atoms with Gasteiger partial charge in [0.15, 0.2) is 5.96 Å². The molecule has 9 heteroatoms. The van der Waals surface area contributed by atoms with Gasteiger partial charge in [-0.05, 0) is 64.3 Å². The maximum absolute atomic E-state index is 13.5. The normalized spacial score (nSPS) is 23.3. The summed E-state index contributed by atoms with van der Waals surface area (Å²) in [6.07, 6.45) is 6.14. The molecule has 37 heavy (non-hydrogen) atoms. The summed E-state index contributed by atoms with van der Waals surface area (Å²) in [5.74, 6) is 1.27. The number of hydrogen-bond acceptors (Lipinski definition) is 7. The number of pyridine rings is 1. The van der Waals surface area contributed by atoms with E-state index >= 15 is 0 Å². The van der Waals surface area contributed by atoms with Gasteiger partial charge < -0.3 is 20.5 Å². The van der Waals surface area contributed by atoms with Crippen molar-refractivity contribution in [1.29, 1.82) is 0 Å². The first kappa shape index (κ1) is 25.0. The molecule has 196 valence electrons. The number of ether oxygens (including phenoxy) is 2. The van der Waals surface area contributed by atoms with Gasteiger partial charge in [-0.25, -0.2) is 4.99 Å². The Morgan fingerprint density at radius 3 is 2.86 bits per heavy atom. The Labute approximate surface area is 217 Å². The van der Waals surface area contributed by atoms with Crippen LogP contribution in [0.5, 0.6) is 11.5 Å². The summed E-state index contributed by atoms with van der Waals surface area (Å²) < 4.78 is 12.0. The third-order valence-electron chi connectivity index (χ3n) is 7.19. The lowest BCUT2D eigenvalue weighted by molar-refractivity contribution is -0.128. The average Bonchev–Trinajstić information content (AvgIpc) is 2.84. The van der Waals surface area contributed by atoms with E-state index in [1.54, 1.807) is 24.4 Å². The number of nitrogens with two attached hydrogens (primary N) is 1. The van der Waals surface area contributed by atoms with Gasteiger partial charge in [0.05, 0.1) is 31.4 Å². The van der Waals surface area contributed by atoms with Crippen molar-refractivity contribution in [2.45, 2.75) is 83.5 Å². The van der Waals surface area contributed by atoms with Crippen molar-refractivity contribution in [1.82, 2.24) is 15.2 Å². The SMILES string of the molecule is CCOc1ccc2cc1CN1C(=O)CC(CCCCc3cc4c(cn3)OC(C)(C)CC4NC2=O)N=C1N. The summed E-state index contributed by atoms with van der Waals surface area (Å²) in [5, 5.41) is 3.22. The number of carbonyl (C=O) groups excluding carboxylic acids is 2. The van der Waals surface area contributed by atoms with Crippen LogP contribution in [0.1, 0.15) is 86.1 Å². The molecule has 6 rings (SSSR count). The first-order chi connectivity index (χ1) is 17.7. The Kier molecular flexibility index (Phi) is 6.79. The fourth-order valence-electron chi connectivity index (χ4n) is 5.38. The third kappa shape index (κ3) is 5.40. The first-order valence-electron chi connectivity index (χ1n) is 13.1. The fraction of sp³-hybridized carbons (Fsp3) is 0.500. The molecule has 0 spiro atoms. The fourth-order valence-corrected chi connectivity index (χ4v) is 5.38. The molecule has 1 aromatic heterocycles. The number of carbonyl (C=O) groups is 2. The quantitative estimate of drug-likeness (QED) is 0.643. The molecule has 0 saturated carbocycles. The van der Waals surface area contributed by atoms with E-state index < -0.39 is 5.60 Å². The molecule has 1 aromatic carbocycles. The number of rotatable bonds is 2. The highest BCUT2D eigenvalue weighted by Gasteiger charge is 2.35. The molecular weight excluding hydrogens is 470 g/mol. The van der Waals surface area contributed by atoms with Gasteiger partial charge in [-0.15, -0.1) is 0 Å². The van der Waals surface area contributed by atoms with E-state index in [1.165, 1.54) is 4.90 Å². The van der Waals surface area contributed by atoms with Gasteiger partial charge in [0, 0.05) is 35.2 Å². The first-order valence-corrected chi connectivity index (χ1v) is 13.1.